The minimum Gasteiger partial charge on any atom is -0.208 e. The largest absolute Gasteiger partial charge is 0.208 e. The highest BCUT2D eigenvalue weighted by Gasteiger charge is 2.37. The van der Waals surface area contributed by atoms with Gasteiger partial charge in [0.25, 0.3) is 0 Å². The molecule has 0 spiro atoms. The minimum absolute atomic E-state index is 0.147. The molecule has 0 saturated carbocycles. The number of rotatable bonds is 4. The molecule has 9 rings (SSSR count). The van der Waals surface area contributed by atoms with Gasteiger partial charge < -0.3 is 0 Å². The first-order valence-electron chi connectivity index (χ1n) is 17.4. The van der Waals surface area contributed by atoms with E-state index in [0.717, 1.165) is 22.1 Å². The molecule has 0 radical (unpaired) electrons. The molecule has 0 fully saturated rings. The number of benzene rings is 7. The Balaban J connectivity index is 1.28. The lowest BCUT2D eigenvalue weighted by Crippen LogP contribution is -2.34. The molecule has 3 nitrogen and oxygen atoms in total. The fraction of sp³-hybridized carbons (Fsp3) is 0.196. The van der Waals surface area contributed by atoms with Gasteiger partial charge in [0.15, 0.2) is 17.5 Å². The molecule has 0 saturated heterocycles. The SMILES string of the molecule is Cc1cc2c(cc1-c1ccc3ccc4c(-c5nc(-c6ccccc6)nc(-c6ccccc6)n5)ccc5ccc1c3c54)C(C)(C)CCC2(C)C. The summed E-state index contributed by atoms with van der Waals surface area (Å²) in [6.45, 7) is 11.9. The predicted octanol–water partition coefficient (Wildman–Crippen LogP) is 12.1. The molecule has 1 aliphatic carbocycles. The van der Waals surface area contributed by atoms with Crippen LogP contribution in [-0.2, 0) is 10.8 Å². The van der Waals surface area contributed by atoms with Crippen LogP contribution in [0.1, 0.15) is 57.2 Å². The van der Waals surface area contributed by atoms with Crippen LogP contribution in [0.25, 0.3) is 77.6 Å². The molecule has 0 unspecified atom stereocenters. The second-order valence-corrected chi connectivity index (χ2v) is 15.2. The maximum absolute atomic E-state index is 5.10. The number of hydrogen-bond acceptors (Lipinski definition) is 3. The smallest absolute Gasteiger partial charge is 0.164 e. The zero-order valence-corrected chi connectivity index (χ0v) is 28.8. The summed E-state index contributed by atoms with van der Waals surface area (Å²) < 4.78 is 0. The molecule has 1 aromatic heterocycles. The van der Waals surface area contributed by atoms with Gasteiger partial charge in [-0.2, -0.15) is 0 Å². The van der Waals surface area contributed by atoms with Crippen LogP contribution in [0, 0.1) is 6.92 Å². The molecule has 0 amide bonds. The summed E-state index contributed by atoms with van der Waals surface area (Å²) in [6.07, 6.45) is 2.42. The molecule has 0 N–H and O–H groups in total. The fourth-order valence-corrected chi connectivity index (χ4v) is 8.17. The van der Waals surface area contributed by atoms with Crippen LogP contribution < -0.4 is 0 Å². The molecule has 0 bridgehead atoms. The third kappa shape index (κ3) is 4.75. The highest BCUT2D eigenvalue weighted by molar-refractivity contribution is 6.27. The lowest BCUT2D eigenvalue weighted by atomic mass is 9.62. The standard InChI is InChI=1S/C46H39N3/c1-28-26-38-39(46(4,5)25-24-45(38,2)3)27-37(28)33-20-16-29-18-22-35-36(23-19-30-17-21-34(33)40(29)41(30)35)44-48-42(31-12-8-6-9-13-31)47-43(49-44)32-14-10-7-11-15-32/h6-23,26-27H,24-25H2,1-5H3. The minimum atomic E-state index is 0.147. The van der Waals surface area contributed by atoms with E-state index in [1.54, 1.807) is 0 Å². The van der Waals surface area contributed by atoms with Gasteiger partial charge in [0.2, 0.25) is 0 Å². The van der Waals surface area contributed by atoms with Crippen LogP contribution in [0.4, 0.5) is 0 Å². The van der Waals surface area contributed by atoms with Gasteiger partial charge in [0, 0.05) is 16.7 Å². The third-order valence-electron chi connectivity index (χ3n) is 11.1. The molecule has 49 heavy (non-hydrogen) atoms. The zero-order chi connectivity index (χ0) is 33.5. The van der Waals surface area contributed by atoms with E-state index in [4.69, 9.17) is 15.0 Å². The first-order chi connectivity index (χ1) is 23.7. The Morgan fingerprint density at radius 1 is 0.449 bits per heavy atom. The average Bonchev–Trinajstić information content (AvgIpc) is 3.13. The van der Waals surface area contributed by atoms with Crippen molar-refractivity contribution in [1.29, 1.82) is 0 Å². The van der Waals surface area contributed by atoms with Gasteiger partial charge in [0.05, 0.1) is 0 Å². The zero-order valence-electron chi connectivity index (χ0n) is 28.8. The van der Waals surface area contributed by atoms with Crippen molar-refractivity contribution in [1.82, 2.24) is 15.0 Å². The van der Waals surface area contributed by atoms with Gasteiger partial charge >= 0.3 is 0 Å². The van der Waals surface area contributed by atoms with Crippen molar-refractivity contribution < 1.29 is 0 Å². The van der Waals surface area contributed by atoms with Gasteiger partial charge in [-0.05, 0) is 96.8 Å². The fourth-order valence-electron chi connectivity index (χ4n) is 8.17. The van der Waals surface area contributed by atoms with Crippen molar-refractivity contribution in [2.24, 2.45) is 0 Å². The molecular weight excluding hydrogens is 595 g/mol. The van der Waals surface area contributed by atoms with Crippen molar-refractivity contribution in [3.63, 3.8) is 0 Å². The lowest BCUT2D eigenvalue weighted by Gasteiger charge is -2.42. The molecule has 238 valence electrons. The molecule has 1 heterocycles. The maximum Gasteiger partial charge on any atom is 0.164 e. The Morgan fingerprint density at radius 2 is 0.898 bits per heavy atom. The Kier molecular flexibility index (Phi) is 6.55. The molecule has 8 aromatic rings. The van der Waals surface area contributed by atoms with E-state index in [-0.39, 0.29) is 10.8 Å². The van der Waals surface area contributed by atoms with E-state index in [2.05, 4.69) is 120 Å². The lowest BCUT2D eigenvalue weighted by molar-refractivity contribution is 0.332. The number of fused-ring (bicyclic) bond motifs is 1. The topological polar surface area (TPSA) is 38.7 Å². The first-order valence-corrected chi connectivity index (χ1v) is 17.4. The molecule has 1 aliphatic rings. The van der Waals surface area contributed by atoms with Crippen LogP contribution in [-0.4, -0.2) is 15.0 Å². The van der Waals surface area contributed by atoms with Crippen LogP contribution >= 0.6 is 0 Å². The van der Waals surface area contributed by atoms with Crippen LogP contribution in [0.2, 0.25) is 0 Å². The normalized spacial score (nSPS) is 15.2. The number of hydrogen-bond donors (Lipinski definition) is 0. The van der Waals surface area contributed by atoms with Crippen molar-refractivity contribution >= 4 is 32.3 Å². The van der Waals surface area contributed by atoms with E-state index in [1.165, 1.54) is 67.6 Å². The van der Waals surface area contributed by atoms with Crippen molar-refractivity contribution in [3.8, 4) is 45.3 Å². The van der Waals surface area contributed by atoms with Gasteiger partial charge in [-0.15, -0.1) is 0 Å². The van der Waals surface area contributed by atoms with E-state index in [0.29, 0.717) is 17.5 Å². The van der Waals surface area contributed by atoms with E-state index in [9.17, 15) is 0 Å². The maximum atomic E-state index is 5.10. The summed E-state index contributed by atoms with van der Waals surface area (Å²) in [7, 11) is 0. The predicted molar refractivity (Wildman–Crippen MR) is 205 cm³/mol. The van der Waals surface area contributed by atoms with Gasteiger partial charge in [-0.1, -0.05) is 143 Å². The number of aryl methyl sites for hydroxylation is 1. The molecule has 0 aliphatic heterocycles. The summed E-state index contributed by atoms with van der Waals surface area (Å²) >= 11 is 0. The Bertz CT molecular complexity index is 2490. The second kappa shape index (κ2) is 10.8. The monoisotopic (exact) mass is 633 g/mol. The number of aromatic nitrogens is 3. The highest BCUT2D eigenvalue weighted by atomic mass is 15.0. The number of nitrogens with zero attached hydrogens (tertiary/aromatic N) is 3. The molecular formula is C46H39N3. The Morgan fingerprint density at radius 3 is 1.45 bits per heavy atom. The van der Waals surface area contributed by atoms with E-state index >= 15 is 0 Å². The Labute approximate surface area is 288 Å². The van der Waals surface area contributed by atoms with Crippen LogP contribution in [0.5, 0.6) is 0 Å². The van der Waals surface area contributed by atoms with E-state index < -0.39 is 0 Å². The van der Waals surface area contributed by atoms with Gasteiger partial charge in [-0.25, -0.2) is 15.0 Å². The molecule has 0 atom stereocenters. The quantitative estimate of drug-likeness (QED) is 0.181. The molecule has 7 aromatic carbocycles. The van der Waals surface area contributed by atoms with Crippen molar-refractivity contribution in [3.05, 3.63) is 138 Å². The first kappa shape index (κ1) is 29.7. The molecule has 3 heteroatoms. The summed E-state index contributed by atoms with van der Waals surface area (Å²) in [4.78, 5) is 15.1. The van der Waals surface area contributed by atoms with Crippen LogP contribution in [0.3, 0.4) is 0 Å². The summed E-state index contributed by atoms with van der Waals surface area (Å²) in [5.41, 5.74) is 10.3. The summed E-state index contributed by atoms with van der Waals surface area (Å²) in [5, 5.41) is 7.47. The Hall–Kier alpha value is -5.41. The van der Waals surface area contributed by atoms with Crippen molar-refractivity contribution in [2.45, 2.75) is 58.3 Å². The summed E-state index contributed by atoms with van der Waals surface area (Å²) in [6, 6.07) is 43.6. The average molecular weight is 634 g/mol. The van der Waals surface area contributed by atoms with Gasteiger partial charge in [-0.3, -0.25) is 0 Å². The summed E-state index contributed by atoms with van der Waals surface area (Å²) in [5.74, 6) is 2.03. The third-order valence-corrected chi connectivity index (χ3v) is 11.1. The van der Waals surface area contributed by atoms with Gasteiger partial charge in [0.1, 0.15) is 0 Å². The second-order valence-electron chi connectivity index (χ2n) is 15.2. The highest BCUT2D eigenvalue weighted by Crippen LogP contribution is 2.49. The van der Waals surface area contributed by atoms with E-state index in [1.807, 2.05) is 36.4 Å². The van der Waals surface area contributed by atoms with Crippen LogP contribution in [0.15, 0.2) is 121 Å². The van der Waals surface area contributed by atoms with Crippen molar-refractivity contribution in [2.75, 3.05) is 0 Å².